The molecule has 1 aromatic rings. The standard InChI is InChI=1S/C15H20N2O/c1-4-10-17(3)15(18)14-8-7-12(2)13(11-14)6-5-9-16/h7-8,11H,4,9-10,16H2,1-3H3. The highest BCUT2D eigenvalue weighted by atomic mass is 16.2. The van der Waals surface area contributed by atoms with Gasteiger partial charge in [0.15, 0.2) is 0 Å². The quantitative estimate of drug-likeness (QED) is 0.824. The Kier molecular flexibility index (Phi) is 5.41. The first-order valence-electron chi connectivity index (χ1n) is 6.15. The van der Waals surface area contributed by atoms with Gasteiger partial charge in [0.05, 0.1) is 6.54 Å². The van der Waals surface area contributed by atoms with E-state index in [1.807, 2.05) is 32.2 Å². The maximum atomic E-state index is 12.1. The van der Waals surface area contributed by atoms with Crippen LogP contribution in [-0.2, 0) is 0 Å². The lowest BCUT2D eigenvalue weighted by Gasteiger charge is -2.16. The minimum Gasteiger partial charge on any atom is -0.342 e. The van der Waals surface area contributed by atoms with Crippen LogP contribution in [0.3, 0.4) is 0 Å². The summed E-state index contributed by atoms with van der Waals surface area (Å²) >= 11 is 0. The molecule has 1 amide bonds. The Morgan fingerprint density at radius 2 is 2.17 bits per heavy atom. The molecular formula is C15H20N2O. The van der Waals surface area contributed by atoms with Crippen LogP contribution in [0.1, 0.15) is 34.8 Å². The lowest BCUT2D eigenvalue weighted by atomic mass is 10.0. The first-order chi connectivity index (χ1) is 8.60. The van der Waals surface area contributed by atoms with Crippen molar-refractivity contribution in [1.82, 2.24) is 4.90 Å². The summed E-state index contributed by atoms with van der Waals surface area (Å²) in [6.45, 7) is 5.12. The van der Waals surface area contributed by atoms with Gasteiger partial charge in [0.1, 0.15) is 0 Å². The highest BCUT2D eigenvalue weighted by Crippen LogP contribution is 2.12. The number of benzene rings is 1. The van der Waals surface area contributed by atoms with Crippen LogP contribution in [0, 0.1) is 18.8 Å². The molecule has 0 radical (unpaired) electrons. The fourth-order valence-corrected chi connectivity index (χ4v) is 1.69. The lowest BCUT2D eigenvalue weighted by molar-refractivity contribution is 0.0795. The van der Waals surface area contributed by atoms with Gasteiger partial charge in [-0.3, -0.25) is 4.79 Å². The van der Waals surface area contributed by atoms with Crippen molar-refractivity contribution < 1.29 is 4.79 Å². The molecule has 0 atom stereocenters. The summed E-state index contributed by atoms with van der Waals surface area (Å²) in [6, 6.07) is 5.61. The van der Waals surface area contributed by atoms with E-state index in [0.29, 0.717) is 12.1 Å². The zero-order chi connectivity index (χ0) is 13.5. The van der Waals surface area contributed by atoms with Crippen LogP contribution < -0.4 is 5.73 Å². The molecular weight excluding hydrogens is 224 g/mol. The smallest absolute Gasteiger partial charge is 0.253 e. The number of nitrogens with two attached hydrogens (primary N) is 1. The number of carbonyl (C=O) groups is 1. The molecule has 0 saturated carbocycles. The maximum absolute atomic E-state index is 12.1. The topological polar surface area (TPSA) is 46.3 Å². The Bertz CT molecular complexity index is 483. The lowest BCUT2D eigenvalue weighted by Crippen LogP contribution is -2.27. The van der Waals surface area contributed by atoms with E-state index < -0.39 is 0 Å². The number of hydrogen-bond donors (Lipinski definition) is 1. The number of carbonyl (C=O) groups excluding carboxylic acids is 1. The van der Waals surface area contributed by atoms with Crippen molar-refractivity contribution in [2.75, 3.05) is 20.1 Å². The summed E-state index contributed by atoms with van der Waals surface area (Å²) in [4.78, 5) is 13.9. The van der Waals surface area contributed by atoms with Gasteiger partial charge in [0.25, 0.3) is 5.91 Å². The van der Waals surface area contributed by atoms with E-state index >= 15 is 0 Å². The minimum atomic E-state index is 0.0349. The van der Waals surface area contributed by atoms with Crippen molar-refractivity contribution in [3.05, 3.63) is 34.9 Å². The summed E-state index contributed by atoms with van der Waals surface area (Å²) < 4.78 is 0. The minimum absolute atomic E-state index is 0.0349. The van der Waals surface area contributed by atoms with Gasteiger partial charge in [-0.05, 0) is 31.0 Å². The van der Waals surface area contributed by atoms with Crippen LogP contribution in [0.2, 0.25) is 0 Å². The maximum Gasteiger partial charge on any atom is 0.253 e. The molecule has 1 aromatic carbocycles. The normalized spacial score (nSPS) is 9.56. The third-order valence-corrected chi connectivity index (χ3v) is 2.72. The van der Waals surface area contributed by atoms with E-state index in [2.05, 4.69) is 18.8 Å². The van der Waals surface area contributed by atoms with Gasteiger partial charge < -0.3 is 10.6 Å². The van der Waals surface area contributed by atoms with Crippen molar-refractivity contribution in [2.45, 2.75) is 20.3 Å². The third kappa shape index (κ3) is 3.61. The van der Waals surface area contributed by atoms with Crippen LogP contribution in [0.25, 0.3) is 0 Å². The van der Waals surface area contributed by atoms with Gasteiger partial charge in [-0.2, -0.15) is 0 Å². The molecule has 2 N–H and O–H groups in total. The summed E-state index contributed by atoms with van der Waals surface area (Å²) in [6.07, 6.45) is 0.952. The molecule has 0 bridgehead atoms. The van der Waals surface area contributed by atoms with Gasteiger partial charge in [0.2, 0.25) is 0 Å². The van der Waals surface area contributed by atoms with Gasteiger partial charge in [-0.25, -0.2) is 0 Å². The van der Waals surface area contributed by atoms with E-state index in [9.17, 15) is 4.79 Å². The second-order valence-electron chi connectivity index (χ2n) is 4.26. The molecule has 0 fully saturated rings. The number of rotatable bonds is 3. The molecule has 0 saturated heterocycles. The fourth-order valence-electron chi connectivity index (χ4n) is 1.69. The molecule has 0 aliphatic rings. The Balaban J connectivity index is 3.01. The van der Waals surface area contributed by atoms with Crippen LogP contribution in [0.4, 0.5) is 0 Å². The predicted octanol–water partition coefficient (Wildman–Crippen LogP) is 1.79. The number of amides is 1. The fraction of sp³-hybridized carbons (Fsp3) is 0.400. The van der Waals surface area contributed by atoms with Crippen molar-refractivity contribution in [3.63, 3.8) is 0 Å². The summed E-state index contributed by atoms with van der Waals surface area (Å²) in [5, 5.41) is 0. The Labute approximate surface area is 109 Å². The zero-order valence-corrected chi connectivity index (χ0v) is 11.3. The molecule has 3 heteroatoms. The Hall–Kier alpha value is -1.79. The molecule has 1 rings (SSSR count). The van der Waals surface area contributed by atoms with E-state index in [0.717, 1.165) is 24.1 Å². The van der Waals surface area contributed by atoms with Crippen LogP contribution in [-0.4, -0.2) is 30.9 Å². The molecule has 0 spiro atoms. The first kappa shape index (κ1) is 14.3. The first-order valence-corrected chi connectivity index (χ1v) is 6.15. The molecule has 96 valence electrons. The van der Waals surface area contributed by atoms with Crippen molar-refractivity contribution in [1.29, 1.82) is 0 Å². The van der Waals surface area contributed by atoms with E-state index in [-0.39, 0.29) is 5.91 Å². The van der Waals surface area contributed by atoms with Gasteiger partial charge in [0, 0.05) is 24.7 Å². The second-order valence-corrected chi connectivity index (χ2v) is 4.26. The largest absolute Gasteiger partial charge is 0.342 e. The number of aryl methyl sites for hydroxylation is 1. The molecule has 0 aromatic heterocycles. The summed E-state index contributed by atoms with van der Waals surface area (Å²) in [5.41, 5.74) is 7.97. The van der Waals surface area contributed by atoms with E-state index in [1.54, 1.807) is 4.90 Å². The molecule has 0 heterocycles. The number of nitrogens with zero attached hydrogens (tertiary/aromatic N) is 1. The molecule has 0 aliphatic heterocycles. The molecule has 18 heavy (non-hydrogen) atoms. The van der Waals surface area contributed by atoms with Crippen molar-refractivity contribution in [3.8, 4) is 11.8 Å². The van der Waals surface area contributed by atoms with Crippen molar-refractivity contribution >= 4 is 5.91 Å². The highest BCUT2D eigenvalue weighted by Gasteiger charge is 2.11. The highest BCUT2D eigenvalue weighted by molar-refractivity contribution is 5.94. The summed E-state index contributed by atoms with van der Waals surface area (Å²) in [7, 11) is 1.82. The zero-order valence-electron chi connectivity index (χ0n) is 11.3. The van der Waals surface area contributed by atoms with Crippen molar-refractivity contribution in [2.24, 2.45) is 5.73 Å². The second kappa shape index (κ2) is 6.83. The van der Waals surface area contributed by atoms with Crippen LogP contribution in [0.15, 0.2) is 18.2 Å². The monoisotopic (exact) mass is 244 g/mol. The SMILES string of the molecule is CCCN(C)C(=O)c1ccc(C)c(C#CCN)c1. The predicted molar refractivity (Wildman–Crippen MR) is 74.4 cm³/mol. The van der Waals surface area contributed by atoms with Crippen LogP contribution in [0.5, 0.6) is 0 Å². The third-order valence-electron chi connectivity index (χ3n) is 2.72. The molecule has 0 aliphatic carbocycles. The average Bonchev–Trinajstić information content (AvgIpc) is 2.37. The summed E-state index contributed by atoms with van der Waals surface area (Å²) in [5.74, 6) is 5.85. The average molecular weight is 244 g/mol. The van der Waals surface area contributed by atoms with Crippen LogP contribution >= 0.6 is 0 Å². The molecule has 3 nitrogen and oxygen atoms in total. The number of hydrogen-bond acceptors (Lipinski definition) is 2. The van der Waals surface area contributed by atoms with Gasteiger partial charge >= 0.3 is 0 Å². The van der Waals surface area contributed by atoms with Gasteiger partial charge in [-0.15, -0.1) is 0 Å². The van der Waals surface area contributed by atoms with E-state index in [4.69, 9.17) is 5.73 Å². The van der Waals surface area contributed by atoms with E-state index in [1.165, 1.54) is 0 Å². The van der Waals surface area contributed by atoms with Gasteiger partial charge in [-0.1, -0.05) is 24.8 Å². The molecule has 0 unspecified atom stereocenters. The Morgan fingerprint density at radius 3 is 2.78 bits per heavy atom. The Morgan fingerprint density at radius 1 is 1.44 bits per heavy atom.